The minimum Gasteiger partial charge on any atom is -0.476 e. The molecule has 0 aliphatic heterocycles. The first-order chi connectivity index (χ1) is 10.6. The number of aryl methyl sites for hydroxylation is 3. The third-order valence-corrected chi connectivity index (χ3v) is 5.35. The highest BCUT2D eigenvalue weighted by Crippen LogP contribution is 2.21. The number of carboxylic acids is 1. The van der Waals surface area contributed by atoms with Crippen LogP contribution >= 0.6 is 22.7 Å². The Hall–Kier alpha value is -2.06. The van der Waals surface area contributed by atoms with Crippen molar-refractivity contribution in [3.63, 3.8) is 0 Å². The zero-order valence-corrected chi connectivity index (χ0v) is 13.4. The van der Waals surface area contributed by atoms with Crippen molar-refractivity contribution in [1.82, 2.24) is 14.5 Å². The summed E-state index contributed by atoms with van der Waals surface area (Å²) in [7, 11) is 0. The largest absolute Gasteiger partial charge is 0.476 e. The number of rotatable bonds is 5. The Morgan fingerprint density at radius 3 is 2.95 bits per heavy atom. The minimum absolute atomic E-state index is 0.0475. The van der Waals surface area contributed by atoms with E-state index < -0.39 is 5.97 Å². The fourth-order valence-electron chi connectivity index (χ4n) is 2.08. The molecule has 0 aromatic carbocycles. The summed E-state index contributed by atoms with van der Waals surface area (Å²) in [6.07, 6.45) is 2.94. The lowest BCUT2D eigenvalue weighted by Crippen LogP contribution is -2.20. The van der Waals surface area contributed by atoms with Crippen molar-refractivity contribution >= 4 is 38.9 Å². The molecule has 8 heteroatoms. The Kier molecular flexibility index (Phi) is 4.04. The molecule has 22 heavy (non-hydrogen) atoms. The third kappa shape index (κ3) is 2.79. The molecule has 114 valence electrons. The van der Waals surface area contributed by atoms with Crippen molar-refractivity contribution < 1.29 is 9.90 Å². The van der Waals surface area contributed by atoms with E-state index in [0.29, 0.717) is 23.4 Å². The van der Waals surface area contributed by atoms with E-state index in [1.807, 2.05) is 13.0 Å². The van der Waals surface area contributed by atoms with Gasteiger partial charge in [0.1, 0.15) is 4.83 Å². The average molecular weight is 335 g/mol. The molecule has 0 saturated carbocycles. The second-order valence-electron chi connectivity index (χ2n) is 4.71. The lowest BCUT2D eigenvalue weighted by molar-refractivity contribution is 0.0691. The molecule has 0 fully saturated rings. The maximum Gasteiger partial charge on any atom is 0.355 e. The van der Waals surface area contributed by atoms with Crippen LogP contribution in [0.1, 0.15) is 27.3 Å². The van der Waals surface area contributed by atoms with E-state index in [2.05, 4.69) is 9.97 Å². The second-order valence-corrected chi connectivity index (χ2v) is 6.77. The first-order valence-corrected chi connectivity index (χ1v) is 8.43. The molecule has 1 N–H and O–H groups in total. The summed E-state index contributed by atoms with van der Waals surface area (Å²) in [5.74, 6) is -1.03. The van der Waals surface area contributed by atoms with E-state index in [1.54, 1.807) is 22.2 Å². The van der Waals surface area contributed by atoms with Crippen molar-refractivity contribution in [3.8, 4) is 0 Å². The highest BCUT2D eigenvalue weighted by atomic mass is 32.1. The van der Waals surface area contributed by atoms with Crippen LogP contribution < -0.4 is 5.56 Å². The third-order valence-electron chi connectivity index (χ3n) is 3.26. The number of carbonyl (C=O) groups is 1. The Balaban J connectivity index is 1.82. The molecule has 0 aliphatic rings. The summed E-state index contributed by atoms with van der Waals surface area (Å²) >= 11 is 2.83. The maximum atomic E-state index is 12.4. The van der Waals surface area contributed by atoms with Crippen molar-refractivity contribution in [1.29, 1.82) is 0 Å². The lowest BCUT2D eigenvalue weighted by Gasteiger charge is -2.02. The average Bonchev–Trinajstić information content (AvgIpc) is 3.13. The van der Waals surface area contributed by atoms with E-state index in [9.17, 15) is 9.59 Å². The monoisotopic (exact) mass is 335 g/mol. The smallest absolute Gasteiger partial charge is 0.355 e. The Labute approximate surface area is 133 Å². The molecule has 0 amide bonds. The van der Waals surface area contributed by atoms with Crippen LogP contribution in [0.4, 0.5) is 0 Å². The SMILES string of the molecule is CCc1cc2c(=O)n(CCc3nc(C(=O)O)cs3)cnc2s1. The predicted octanol–water partition coefficient (Wildman–Crippen LogP) is 2.42. The number of nitrogens with zero attached hydrogens (tertiary/aromatic N) is 3. The summed E-state index contributed by atoms with van der Waals surface area (Å²) in [6.45, 7) is 2.48. The van der Waals surface area contributed by atoms with E-state index in [0.717, 1.165) is 16.1 Å². The van der Waals surface area contributed by atoms with Crippen LogP contribution in [0.15, 0.2) is 22.6 Å². The second kappa shape index (κ2) is 5.98. The van der Waals surface area contributed by atoms with Gasteiger partial charge in [-0.1, -0.05) is 6.92 Å². The molecule has 3 aromatic heterocycles. The predicted molar refractivity (Wildman–Crippen MR) is 86.0 cm³/mol. The molecule has 0 radical (unpaired) electrons. The van der Waals surface area contributed by atoms with E-state index >= 15 is 0 Å². The topological polar surface area (TPSA) is 85.1 Å². The van der Waals surface area contributed by atoms with Gasteiger partial charge in [-0.2, -0.15) is 0 Å². The number of aromatic nitrogens is 3. The molecular weight excluding hydrogens is 322 g/mol. The zero-order chi connectivity index (χ0) is 15.7. The lowest BCUT2D eigenvalue weighted by atomic mass is 10.3. The van der Waals surface area contributed by atoms with Crippen LogP contribution in [0.25, 0.3) is 10.2 Å². The van der Waals surface area contributed by atoms with Crippen LogP contribution in [-0.4, -0.2) is 25.6 Å². The van der Waals surface area contributed by atoms with E-state index in [-0.39, 0.29) is 11.3 Å². The number of aromatic carboxylic acids is 1. The normalized spacial score (nSPS) is 11.1. The molecule has 0 spiro atoms. The van der Waals surface area contributed by atoms with Gasteiger partial charge in [-0.25, -0.2) is 14.8 Å². The molecule has 0 unspecified atom stereocenters. The molecule has 3 rings (SSSR count). The Bertz CT molecular complexity index is 894. The van der Waals surface area contributed by atoms with E-state index in [1.165, 1.54) is 16.7 Å². The van der Waals surface area contributed by atoms with Crippen LogP contribution in [0.5, 0.6) is 0 Å². The summed E-state index contributed by atoms with van der Waals surface area (Å²) in [4.78, 5) is 33.5. The van der Waals surface area contributed by atoms with Crippen molar-refractivity contribution in [2.45, 2.75) is 26.3 Å². The number of thiazole rings is 1. The first-order valence-electron chi connectivity index (χ1n) is 6.74. The van der Waals surface area contributed by atoms with Crippen LogP contribution in [-0.2, 0) is 19.4 Å². The quantitative estimate of drug-likeness (QED) is 0.774. The highest BCUT2D eigenvalue weighted by Gasteiger charge is 2.11. The van der Waals surface area contributed by atoms with Crippen LogP contribution in [0, 0.1) is 0 Å². The Morgan fingerprint density at radius 1 is 1.45 bits per heavy atom. The number of hydrogen-bond donors (Lipinski definition) is 1. The van der Waals surface area contributed by atoms with Crippen LogP contribution in [0.2, 0.25) is 0 Å². The van der Waals surface area contributed by atoms with Gasteiger partial charge >= 0.3 is 5.97 Å². The van der Waals surface area contributed by atoms with Crippen molar-refractivity contribution in [2.24, 2.45) is 0 Å². The minimum atomic E-state index is -1.03. The fourth-order valence-corrected chi connectivity index (χ4v) is 3.77. The van der Waals surface area contributed by atoms with Gasteiger partial charge in [0.2, 0.25) is 0 Å². The molecule has 3 heterocycles. The number of hydrogen-bond acceptors (Lipinski definition) is 6. The molecule has 0 saturated heterocycles. The fraction of sp³-hybridized carbons (Fsp3) is 0.286. The molecule has 3 aromatic rings. The van der Waals surface area contributed by atoms with Crippen LogP contribution in [0.3, 0.4) is 0 Å². The maximum absolute atomic E-state index is 12.4. The number of carboxylic acid groups (broad SMARTS) is 1. The highest BCUT2D eigenvalue weighted by molar-refractivity contribution is 7.18. The van der Waals surface area contributed by atoms with Crippen molar-refractivity contribution in [3.05, 3.63) is 43.7 Å². The molecule has 0 bridgehead atoms. The van der Waals surface area contributed by atoms with Gasteiger partial charge in [0.25, 0.3) is 5.56 Å². The summed E-state index contributed by atoms with van der Waals surface area (Å²) in [5.41, 5.74) is -0.0117. The Morgan fingerprint density at radius 2 is 2.27 bits per heavy atom. The molecular formula is C14H13N3O3S2. The van der Waals surface area contributed by atoms with Gasteiger partial charge in [0, 0.05) is 23.2 Å². The van der Waals surface area contributed by atoms with Gasteiger partial charge in [0.15, 0.2) is 5.69 Å². The van der Waals surface area contributed by atoms with Gasteiger partial charge in [-0.05, 0) is 12.5 Å². The van der Waals surface area contributed by atoms with E-state index in [4.69, 9.17) is 5.11 Å². The summed E-state index contributed by atoms with van der Waals surface area (Å²) in [5, 5.41) is 11.7. The van der Waals surface area contributed by atoms with Gasteiger partial charge in [-0.15, -0.1) is 22.7 Å². The van der Waals surface area contributed by atoms with Gasteiger partial charge in [-0.3, -0.25) is 9.36 Å². The van der Waals surface area contributed by atoms with Gasteiger partial charge in [0.05, 0.1) is 16.7 Å². The number of fused-ring (bicyclic) bond motifs is 1. The number of thiophene rings is 1. The first kappa shape index (κ1) is 14.9. The summed E-state index contributed by atoms with van der Waals surface area (Å²) in [6, 6.07) is 1.90. The standard InChI is InChI=1S/C14H13N3O3S2/c1-2-8-5-9-12(22-8)15-7-17(13(9)18)4-3-11-16-10(6-21-11)14(19)20/h5-7H,2-4H2,1H3,(H,19,20). The van der Waals surface area contributed by atoms with Crippen molar-refractivity contribution in [2.75, 3.05) is 0 Å². The molecule has 0 atom stereocenters. The summed E-state index contributed by atoms with van der Waals surface area (Å²) < 4.78 is 1.55. The molecule has 6 nitrogen and oxygen atoms in total. The van der Waals surface area contributed by atoms with Gasteiger partial charge < -0.3 is 5.11 Å². The molecule has 0 aliphatic carbocycles. The zero-order valence-electron chi connectivity index (χ0n) is 11.8.